The number of benzene rings is 2. The number of halogens is 1. The summed E-state index contributed by atoms with van der Waals surface area (Å²) >= 11 is 5.87. The summed E-state index contributed by atoms with van der Waals surface area (Å²) in [6, 6.07) is 15.0. The second-order valence-electron chi connectivity index (χ2n) is 5.74. The number of rotatable bonds is 7. The van der Waals surface area contributed by atoms with Gasteiger partial charge in [-0.05, 0) is 43.2 Å². The van der Waals surface area contributed by atoms with Gasteiger partial charge in [-0.1, -0.05) is 65.3 Å². The van der Waals surface area contributed by atoms with Crippen LogP contribution >= 0.6 is 11.6 Å². The summed E-state index contributed by atoms with van der Waals surface area (Å²) in [6.45, 7) is 3.90. The van der Waals surface area contributed by atoms with Crippen LogP contribution in [0.3, 0.4) is 0 Å². The first-order valence-electron chi connectivity index (χ1n) is 8.48. The molecule has 0 aliphatic heterocycles. The first-order chi connectivity index (χ1) is 13.0. The van der Waals surface area contributed by atoms with E-state index in [4.69, 9.17) is 21.2 Å². The summed E-state index contributed by atoms with van der Waals surface area (Å²) in [7, 11) is 1.37. The Labute approximate surface area is 164 Å². The van der Waals surface area contributed by atoms with Gasteiger partial charge >= 0.3 is 5.97 Å². The summed E-state index contributed by atoms with van der Waals surface area (Å²) in [5.41, 5.74) is 3.88. The highest BCUT2D eigenvalue weighted by Gasteiger charge is 2.14. The molecule has 0 heterocycles. The van der Waals surface area contributed by atoms with E-state index in [0.717, 1.165) is 22.4 Å². The number of ether oxygens (including phenoxy) is 1. The van der Waals surface area contributed by atoms with Gasteiger partial charge in [0.05, 0.1) is 18.4 Å². The molecule has 2 aromatic rings. The van der Waals surface area contributed by atoms with Crippen LogP contribution in [0.4, 0.5) is 0 Å². The number of methoxy groups -OCH3 is 1. The summed E-state index contributed by atoms with van der Waals surface area (Å²) in [5, 5.41) is 4.81. The molecule has 0 aromatic heterocycles. The average Bonchev–Trinajstić information content (AvgIpc) is 2.69. The van der Waals surface area contributed by atoms with Crippen LogP contribution < -0.4 is 0 Å². The van der Waals surface area contributed by atoms with Gasteiger partial charge in [-0.2, -0.15) is 0 Å². The summed E-state index contributed by atoms with van der Waals surface area (Å²) in [5.74, 6) is -0.379. The molecule has 0 saturated carbocycles. The van der Waals surface area contributed by atoms with Crippen LogP contribution in [0.1, 0.15) is 30.5 Å². The Hall–Kier alpha value is -2.85. The minimum atomic E-state index is -0.379. The van der Waals surface area contributed by atoms with Gasteiger partial charge in [0.15, 0.2) is 0 Å². The third-order valence-corrected chi connectivity index (χ3v) is 4.07. The van der Waals surface area contributed by atoms with Crippen molar-refractivity contribution >= 4 is 34.9 Å². The zero-order chi connectivity index (χ0) is 19.6. The lowest BCUT2D eigenvalue weighted by atomic mass is 10.00. The van der Waals surface area contributed by atoms with E-state index in [1.54, 1.807) is 13.0 Å². The Balaban J connectivity index is 2.05. The lowest BCUT2D eigenvalue weighted by molar-refractivity contribution is -0.133. The third kappa shape index (κ3) is 6.12. The number of esters is 1. The zero-order valence-electron chi connectivity index (χ0n) is 15.6. The maximum Gasteiger partial charge on any atom is 0.338 e. The van der Waals surface area contributed by atoms with Gasteiger partial charge < -0.3 is 9.57 Å². The molecule has 0 aliphatic carbocycles. The van der Waals surface area contributed by atoms with E-state index in [1.165, 1.54) is 7.11 Å². The first-order valence-corrected chi connectivity index (χ1v) is 8.86. The lowest BCUT2D eigenvalue weighted by Crippen LogP contribution is -2.06. The maximum absolute atomic E-state index is 11.9. The summed E-state index contributed by atoms with van der Waals surface area (Å²) < 4.78 is 4.84. The molecule has 0 radical (unpaired) electrons. The molecular weight excluding hydrogens is 362 g/mol. The molecule has 0 amide bonds. The molecule has 2 rings (SSSR count). The minimum absolute atomic E-state index is 0.247. The Bertz CT molecular complexity index is 867. The molecule has 0 N–H and O–H groups in total. The van der Waals surface area contributed by atoms with Crippen molar-refractivity contribution < 1.29 is 14.4 Å². The number of carbonyl (C=O) groups excluding carboxylic acids is 1. The van der Waals surface area contributed by atoms with E-state index >= 15 is 0 Å². The number of carbonyl (C=O) groups is 1. The van der Waals surface area contributed by atoms with Crippen molar-refractivity contribution in [2.75, 3.05) is 7.11 Å². The van der Waals surface area contributed by atoms with E-state index < -0.39 is 0 Å². The van der Waals surface area contributed by atoms with Crippen molar-refractivity contribution in [1.29, 1.82) is 0 Å². The SMILES string of the molecule is CC=C(C(=O)OC)c1ccccc1CON=C(C)C=Cc1ccc(Cl)cc1. The molecule has 0 spiro atoms. The number of nitrogens with zero attached hydrogens (tertiary/aromatic N) is 1. The normalized spacial score (nSPS) is 12.3. The zero-order valence-corrected chi connectivity index (χ0v) is 16.4. The predicted octanol–water partition coefficient (Wildman–Crippen LogP) is 5.52. The second kappa shape index (κ2) is 10.3. The fraction of sp³-hybridized carbons (Fsp3) is 0.182. The molecule has 4 nitrogen and oxygen atoms in total. The highest BCUT2D eigenvalue weighted by atomic mass is 35.5. The van der Waals surface area contributed by atoms with E-state index in [1.807, 2.05) is 67.6 Å². The number of oxime groups is 1. The van der Waals surface area contributed by atoms with Gasteiger partial charge in [0.25, 0.3) is 0 Å². The highest BCUT2D eigenvalue weighted by Crippen LogP contribution is 2.21. The van der Waals surface area contributed by atoms with Crippen molar-refractivity contribution in [1.82, 2.24) is 0 Å². The van der Waals surface area contributed by atoms with Crippen LogP contribution in [-0.2, 0) is 21.0 Å². The Kier molecular flexibility index (Phi) is 7.83. The standard InChI is InChI=1S/C22H22ClNO3/c1-4-20(22(25)26-3)21-8-6-5-7-18(21)15-27-24-16(2)9-10-17-11-13-19(23)14-12-17/h4-14H,15H2,1-3H3. The van der Waals surface area contributed by atoms with Crippen molar-refractivity contribution in [3.63, 3.8) is 0 Å². The largest absolute Gasteiger partial charge is 0.465 e. The number of hydrogen-bond donors (Lipinski definition) is 0. The van der Waals surface area contributed by atoms with Gasteiger partial charge in [-0.25, -0.2) is 4.79 Å². The number of allylic oxidation sites excluding steroid dienone is 2. The fourth-order valence-electron chi connectivity index (χ4n) is 2.43. The molecule has 0 fully saturated rings. The van der Waals surface area contributed by atoms with Crippen LogP contribution in [-0.4, -0.2) is 18.8 Å². The van der Waals surface area contributed by atoms with Crippen LogP contribution in [0.15, 0.2) is 65.8 Å². The molecular formula is C22H22ClNO3. The van der Waals surface area contributed by atoms with Crippen molar-refractivity contribution in [3.8, 4) is 0 Å². The van der Waals surface area contributed by atoms with Crippen LogP contribution in [0.5, 0.6) is 0 Å². The van der Waals surface area contributed by atoms with Crippen molar-refractivity contribution in [3.05, 3.63) is 82.4 Å². The van der Waals surface area contributed by atoms with E-state index in [0.29, 0.717) is 10.6 Å². The van der Waals surface area contributed by atoms with E-state index in [2.05, 4.69) is 5.16 Å². The van der Waals surface area contributed by atoms with Gasteiger partial charge in [-0.15, -0.1) is 0 Å². The van der Waals surface area contributed by atoms with Crippen LogP contribution in [0, 0.1) is 0 Å². The molecule has 27 heavy (non-hydrogen) atoms. The summed E-state index contributed by atoms with van der Waals surface area (Å²) in [6.07, 6.45) is 5.52. The van der Waals surface area contributed by atoms with Crippen molar-refractivity contribution in [2.45, 2.75) is 20.5 Å². The first kappa shape index (κ1) is 20.5. The second-order valence-corrected chi connectivity index (χ2v) is 6.18. The lowest BCUT2D eigenvalue weighted by Gasteiger charge is -2.10. The molecule has 0 unspecified atom stereocenters. The highest BCUT2D eigenvalue weighted by molar-refractivity contribution is 6.30. The third-order valence-electron chi connectivity index (χ3n) is 3.82. The molecule has 140 valence electrons. The van der Waals surface area contributed by atoms with E-state index in [9.17, 15) is 4.79 Å². The Morgan fingerprint density at radius 3 is 2.52 bits per heavy atom. The van der Waals surface area contributed by atoms with E-state index in [-0.39, 0.29) is 12.6 Å². The Morgan fingerprint density at radius 2 is 1.85 bits per heavy atom. The van der Waals surface area contributed by atoms with Crippen LogP contribution in [0.25, 0.3) is 11.6 Å². The molecule has 0 aliphatic rings. The smallest absolute Gasteiger partial charge is 0.338 e. The Morgan fingerprint density at radius 1 is 1.15 bits per heavy atom. The fourth-order valence-corrected chi connectivity index (χ4v) is 2.55. The van der Waals surface area contributed by atoms with Gasteiger partial charge in [0, 0.05) is 10.6 Å². The van der Waals surface area contributed by atoms with Crippen molar-refractivity contribution in [2.24, 2.45) is 5.16 Å². The molecule has 5 heteroatoms. The van der Waals surface area contributed by atoms with Crippen LogP contribution in [0.2, 0.25) is 5.02 Å². The molecule has 2 aromatic carbocycles. The maximum atomic E-state index is 11.9. The predicted molar refractivity (Wildman–Crippen MR) is 110 cm³/mol. The monoisotopic (exact) mass is 383 g/mol. The quantitative estimate of drug-likeness (QED) is 0.273. The molecule has 0 saturated heterocycles. The van der Waals surface area contributed by atoms with Gasteiger partial charge in [0.2, 0.25) is 0 Å². The average molecular weight is 384 g/mol. The molecule has 0 atom stereocenters. The summed E-state index contributed by atoms with van der Waals surface area (Å²) in [4.78, 5) is 17.4. The van der Waals surface area contributed by atoms with Gasteiger partial charge in [0.1, 0.15) is 6.61 Å². The van der Waals surface area contributed by atoms with Gasteiger partial charge in [-0.3, -0.25) is 0 Å². The molecule has 0 bridgehead atoms. The number of hydrogen-bond acceptors (Lipinski definition) is 4. The minimum Gasteiger partial charge on any atom is -0.465 e. The topological polar surface area (TPSA) is 47.9 Å².